The standard InChI is InChI=1S/C9H14BrNO3/c1-14-9(13)7(10)6-11-5-3-2-4-8(11)12/h7H,2-6H2,1H3. The quantitative estimate of drug-likeness (QED) is 0.563. The molecule has 0 aromatic heterocycles. The first kappa shape index (κ1) is 11.5. The molecular formula is C9H14BrNO3. The Hall–Kier alpha value is -0.580. The van der Waals surface area contributed by atoms with Crippen LogP contribution in [0.3, 0.4) is 0 Å². The zero-order valence-electron chi connectivity index (χ0n) is 8.16. The third kappa shape index (κ3) is 2.97. The molecular weight excluding hydrogens is 250 g/mol. The summed E-state index contributed by atoms with van der Waals surface area (Å²) in [4.78, 5) is 23.8. The fourth-order valence-electron chi connectivity index (χ4n) is 1.45. The molecule has 1 amide bonds. The number of halogens is 1. The van der Waals surface area contributed by atoms with Crippen LogP contribution in [0.4, 0.5) is 0 Å². The van der Waals surface area contributed by atoms with Crippen molar-refractivity contribution in [2.24, 2.45) is 0 Å². The number of hydrogen-bond acceptors (Lipinski definition) is 3. The maximum absolute atomic E-state index is 11.4. The van der Waals surface area contributed by atoms with E-state index in [9.17, 15) is 9.59 Å². The molecule has 1 rings (SSSR count). The van der Waals surface area contributed by atoms with Crippen molar-refractivity contribution in [3.63, 3.8) is 0 Å². The number of rotatable bonds is 3. The number of methoxy groups -OCH3 is 1. The van der Waals surface area contributed by atoms with E-state index < -0.39 is 4.83 Å². The van der Waals surface area contributed by atoms with Crippen LogP contribution in [0.25, 0.3) is 0 Å². The highest BCUT2D eigenvalue weighted by molar-refractivity contribution is 9.10. The molecule has 1 fully saturated rings. The fourth-order valence-corrected chi connectivity index (χ4v) is 1.99. The molecule has 4 nitrogen and oxygen atoms in total. The van der Waals surface area contributed by atoms with Crippen LogP contribution in [0, 0.1) is 0 Å². The minimum absolute atomic E-state index is 0.129. The number of alkyl halides is 1. The van der Waals surface area contributed by atoms with Crippen molar-refractivity contribution in [1.29, 1.82) is 0 Å². The van der Waals surface area contributed by atoms with Gasteiger partial charge in [0.25, 0.3) is 0 Å². The predicted octanol–water partition coefficient (Wildman–Crippen LogP) is 0.935. The number of hydrogen-bond donors (Lipinski definition) is 0. The number of amides is 1. The summed E-state index contributed by atoms with van der Waals surface area (Å²) >= 11 is 3.20. The van der Waals surface area contributed by atoms with Crippen molar-refractivity contribution in [2.45, 2.75) is 24.1 Å². The van der Waals surface area contributed by atoms with Crippen LogP contribution in [0.2, 0.25) is 0 Å². The average Bonchev–Trinajstić information content (AvgIpc) is 2.20. The van der Waals surface area contributed by atoms with Gasteiger partial charge in [0.05, 0.1) is 7.11 Å². The SMILES string of the molecule is COC(=O)C(Br)CN1CCCCC1=O. The van der Waals surface area contributed by atoms with Gasteiger partial charge in [0.15, 0.2) is 0 Å². The summed E-state index contributed by atoms with van der Waals surface area (Å²) in [6, 6.07) is 0. The molecule has 0 aromatic rings. The number of esters is 1. The van der Waals surface area contributed by atoms with E-state index in [1.165, 1.54) is 7.11 Å². The van der Waals surface area contributed by atoms with Crippen molar-refractivity contribution >= 4 is 27.8 Å². The lowest BCUT2D eigenvalue weighted by Gasteiger charge is -2.27. The molecule has 0 N–H and O–H groups in total. The third-order valence-corrected chi connectivity index (χ3v) is 2.92. The Kier molecular flexibility index (Phi) is 4.38. The van der Waals surface area contributed by atoms with Gasteiger partial charge < -0.3 is 9.64 Å². The van der Waals surface area contributed by atoms with Crippen LogP contribution < -0.4 is 0 Å². The molecule has 0 bridgehead atoms. The first-order valence-electron chi connectivity index (χ1n) is 4.65. The maximum Gasteiger partial charge on any atom is 0.321 e. The smallest absolute Gasteiger partial charge is 0.321 e. The number of piperidine rings is 1. The molecule has 0 aromatic carbocycles. The first-order chi connectivity index (χ1) is 6.65. The molecule has 5 heteroatoms. The summed E-state index contributed by atoms with van der Waals surface area (Å²) in [5.41, 5.74) is 0. The largest absolute Gasteiger partial charge is 0.468 e. The Morgan fingerprint density at radius 3 is 2.93 bits per heavy atom. The molecule has 1 saturated heterocycles. The van der Waals surface area contributed by atoms with E-state index in [-0.39, 0.29) is 11.9 Å². The second-order valence-corrected chi connectivity index (χ2v) is 4.39. The van der Waals surface area contributed by atoms with E-state index >= 15 is 0 Å². The van der Waals surface area contributed by atoms with Gasteiger partial charge in [-0.25, -0.2) is 0 Å². The van der Waals surface area contributed by atoms with Gasteiger partial charge in [-0.3, -0.25) is 9.59 Å². The number of carbonyl (C=O) groups is 2. The zero-order valence-corrected chi connectivity index (χ0v) is 9.75. The highest BCUT2D eigenvalue weighted by Gasteiger charge is 2.24. The van der Waals surface area contributed by atoms with Crippen molar-refractivity contribution in [1.82, 2.24) is 4.90 Å². The molecule has 0 saturated carbocycles. The van der Waals surface area contributed by atoms with Crippen molar-refractivity contribution < 1.29 is 14.3 Å². The zero-order chi connectivity index (χ0) is 10.6. The molecule has 1 aliphatic rings. The average molecular weight is 264 g/mol. The Bertz CT molecular complexity index is 232. The van der Waals surface area contributed by atoms with Crippen LogP contribution in [-0.2, 0) is 14.3 Å². The lowest BCUT2D eigenvalue weighted by Crippen LogP contribution is -2.41. The second-order valence-electron chi connectivity index (χ2n) is 3.29. The lowest BCUT2D eigenvalue weighted by atomic mass is 10.1. The van der Waals surface area contributed by atoms with E-state index in [1.54, 1.807) is 4.90 Å². The van der Waals surface area contributed by atoms with Gasteiger partial charge in [-0.1, -0.05) is 15.9 Å². The third-order valence-electron chi connectivity index (χ3n) is 2.26. The summed E-state index contributed by atoms with van der Waals surface area (Å²) in [5, 5.41) is 0. The highest BCUT2D eigenvalue weighted by Crippen LogP contribution is 2.13. The normalized spacial score (nSPS) is 19.3. The van der Waals surface area contributed by atoms with Crippen molar-refractivity contribution in [3.8, 4) is 0 Å². The number of ether oxygens (including phenoxy) is 1. The van der Waals surface area contributed by atoms with E-state index in [0.29, 0.717) is 13.0 Å². The lowest BCUT2D eigenvalue weighted by molar-refractivity contribution is -0.141. The van der Waals surface area contributed by atoms with Crippen molar-refractivity contribution in [3.05, 3.63) is 0 Å². The minimum Gasteiger partial charge on any atom is -0.468 e. The van der Waals surface area contributed by atoms with Gasteiger partial charge in [0, 0.05) is 19.5 Å². The monoisotopic (exact) mass is 263 g/mol. The van der Waals surface area contributed by atoms with E-state index in [4.69, 9.17) is 0 Å². The predicted molar refractivity (Wildman–Crippen MR) is 55.2 cm³/mol. The second kappa shape index (κ2) is 5.34. The molecule has 0 radical (unpaired) electrons. The van der Waals surface area contributed by atoms with Crippen LogP contribution in [0.1, 0.15) is 19.3 Å². The summed E-state index contributed by atoms with van der Waals surface area (Å²) in [6.07, 6.45) is 2.58. The van der Waals surface area contributed by atoms with Crippen molar-refractivity contribution in [2.75, 3.05) is 20.2 Å². The Labute approximate surface area is 91.7 Å². The molecule has 80 valence electrons. The first-order valence-corrected chi connectivity index (χ1v) is 5.56. The van der Waals surface area contributed by atoms with E-state index in [2.05, 4.69) is 20.7 Å². The molecule has 0 spiro atoms. The van der Waals surface area contributed by atoms with Gasteiger partial charge in [0.1, 0.15) is 4.83 Å². The van der Waals surface area contributed by atoms with Gasteiger partial charge in [-0.05, 0) is 12.8 Å². The summed E-state index contributed by atoms with van der Waals surface area (Å²) < 4.78 is 4.56. The summed E-state index contributed by atoms with van der Waals surface area (Å²) in [5.74, 6) is -0.201. The molecule has 14 heavy (non-hydrogen) atoms. The molecule has 0 aliphatic carbocycles. The topological polar surface area (TPSA) is 46.6 Å². The van der Waals surface area contributed by atoms with Crippen LogP contribution in [0.15, 0.2) is 0 Å². The maximum atomic E-state index is 11.4. The van der Waals surface area contributed by atoms with Crippen LogP contribution in [-0.4, -0.2) is 41.8 Å². The number of carbonyl (C=O) groups excluding carboxylic acids is 2. The van der Waals surface area contributed by atoms with Gasteiger partial charge in [-0.15, -0.1) is 0 Å². The number of likely N-dealkylation sites (tertiary alicyclic amines) is 1. The van der Waals surface area contributed by atoms with E-state index in [1.807, 2.05) is 0 Å². The molecule has 1 heterocycles. The summed E-state index contributed by atoms with van der Waals surface area (Å²) in [7, 11) is 1.34. The summed E-state index contributed by atoms with van der Waals surface area (Å²) in [6.45, 7) is 1.16. The molecule has 1 atom stereocenters. The Morgan fingerprint density at radius 1 is 1.64 bits per heavy atom. The Morgan fingerprint density at radius 2 is 2.36 bits per heavy atom. The fraction of sp³-hybridized carbons (Fsp3) is 0.778. The van der Waals surface area contributed by atoms with Crippen LogP contribution in [0.5, 0.6) is 0 Å². The highest BCUT2D eigenvalue weighted by atomic mass is 79.9. The van der Waals surface area contributed by atoms with E-state index in [0.717, 1.165) is 19.4 Å². The van der Waals surface area contributed by atoms with Gasteiger partial charge in [0.2, 0.25) is 5.91 Å². The van der Waals surface area contributed by atoms with Gasteiger partial charge >= 0.3 is 5.97 Å². The van der Waals surface area contributed by atoms with Crippen LogP contribution >= 0.6 is 15.9 Å². The Balaban J connectivity index is 2.42. The minimum atomic E-state index is -0.408. The number of nitrogens with zero attached hydrogens (tertiary/aromatic N) is 1. The molecule has 1 aliphatic heterocycles. The van der Waals surface area contributed by atoms with Gasteiger partial charge in [-0.2, -0.15) is 0 Å². The molecule has 1 unspecified atom stereocenters.